The molecular weight excluding hydrogens is 108 g/mol. The number of hydrogen-bond donors (Lipinski definition) is 3. The first-order valence-electron chi connectivity index (χ1n) is 2.09. The normalized spacial score (nSPS) is 13.8. The van der Waals surface area contributed by atoms with Crippen LogP contribution in [0.5, 0.6) is 0 Å². The Hall–Kier alpha value is -0.940. The molecule has 0 aliphatic rings. The lowest BCUT2D eigenvalue weighted by atomic mass is 10.6. The average molecular weight is 114 g/mol. The predicted molar refractivity (Wildman–Crippen MR) is 25.5 cm³/mol. The van der Waals surface area contributed by atoms with E-state index in [4.69, 9.17) is 10.8 Å². The number of H-pyrrole nitrogens is 1. The molecule has 1 aromatic rings. The quantitative estimate of drug-likeness (QED) is 0.398. The second-order valence-corrected chi connectivity index (χ2v) is 1.32. The first-order valence-corrected chi connectivity index (χ1v) is 2.09. The maximum absolute atomic E-state index is 8.56. The highest BCUT2D eigenvalue weighted by Gasteiger charge is 2.00. The van der Waals surface area contributed by atoms with E-state index < -0.39 is 6.23 Å². The molecule has 1 heterocycles. The maximum atomic E-state index is 8.56. The molecule has 1 unspecified atom stereocenters. The molecule has 0 spiro atoms. The van der Waals surface area contributed by atoms with Crippen LogP contribution in [-0.4, -0.2) is 20.3 Å². The highest BCUT2D eigenvalue weighted by Crippen LogP contribution is 1.93. The summed E-state index contributed by atoms with van der Waals surface area (Å²) >= 11 is 0. The van der Waals surface area contributed by atoms with Crippen molar-refractivity contribution in [3.63, 3.8) is 0 Å². The number of aromatic amines is 1. The van der Waals surface area contributed by atoms with Gasteiger partial charge in [0.25, 0.3) is 0 Å². The molecule has 0 aliphatic heterocycles. The summed E-state index contributed by atoms with van der Waals surface area (Å²) < 4.78 is 0. The fourth-order valence-electron chi connectivity index (χ4n) is 0.357. The summed E-state index contributed by atoms with van der Waals surface area (Å²) in [5.41, 5.74) is 4.98. The van der Waals surface area contributed by atoms with Gasteiger partial charge in [-0.1, -0.05) is 0 Å². The lowest BCUT2D eigenvalue weighted by molar-refractivity contribution is 0.176. The van der Waals surface area contributed by atoms with Gasteiger partial charge in [0.2, 0.25) is 0 Å². The molecule has 44 valence electrons. The van der Waals surface area contributed by atoms with E-state index in [0.29, 0.717) is 0 Å². The zero-order valence-corrected chi connectivity index (χ0v) is 4.07. The summed E-state index contributed by atoms with van der Waals surface area (Å²) in [5, 5.41) is 14.4. The standard InChI is InChI=1S/C3H6N4O/c4-2(8)3-5-1-6-7-3/h1-2,8H,4H2,(H,5,6,7). The zero-order valence-electron chi connectivity index (χ0n) is 4.07. The highest BCUT2D eigenvalue weighted by molar-refractivity contribution is 4.81. The van der Waals surface area contributed by atoms with Crippen molar-refractivity contribution in [1.82, 2.24) is 15.2 Å². The van der Waals surface area contributed by atoms with E-state index in [0.717, 1.165) is 0 Å². The summed E-state index contributed by atoms with van der Waals surface area (Å²) in [7, 11) is 0. The van der Waals surface area contributed by atoms with Crippen LogP contribution >= 0.6 is 0 Å². The largest absolute Gasteiger partial charge is 0.371 e. The molecular formula is C3H6N4O. The summed E-state index contributed by atoms with van der Waals surface area (Å²) in [6, 6.07) is 0. The lowest BCUT2D eigenvalue weighted by Crippen LogP contribution is -2.10. The van der Waals surface area contributed by atoms with Gasteiger partial charge in [0.05, 0.1) is 0 Å². The van der Waals surface area contributed by atoms with E-state index in [1.54, 1.807) is 0 Å². The van der Waals surface area contributed by atoms with Crippen molar-refractivity contribution in [3.8, 4) is 0 Å². The number of rotatable bonds is 1. The fraction of sp³-hybridized carbons (Fsp3) is 0.333. The Kier molecular flexibility index (Phi) is 1.23. The molecule has 0 saturated carbocycles. The number of nitrogens with two attached hydrogens (primary N) is 1. The van der Waals surface area contributed by atoms with Gasteiger partial charge in [0.1, 0.15) is 6.33 Å². The minimum Gasteiger partial charge on any atom is -0.371 e. The van der Waals surface area contributed by atoms with Crippen LogP contribution in [0.2, 0.25) is 0 Å². The molecule has 0 aromatic carbocycles. The van der Waals surface area contributed by atoms with Crippen molar-refractivity contribution >= 4 is 0 Å². The van der Waals surface area contributed by atoms with Crippen LogP contribution in [0.15, 0.2) is 6.33 Å². The van der Waals surface area contributed by atoms with Crippen LogP contribution < -0.4 is 5.73 Å². The highest BCUT2D eigenvalue weighted by atomic mass is 16.3. The second-order valence-electron chi connectivity index (χ2n) is 1.32. The van der Waals surface area contributed by atoms with Crippen LogP contribution in [0.4, 0.5) is 0 Å². The van der Waals surface area contributed by atoms with Gasteiger partial charge in [-0.25, -0.2) is 4.98 Å². The fourth-order valence-corrected chi connectivity index (χ4v) is 0.357. The minimum atomic E-state index is -1.04. The molecule has 4 N–H and O–H groups in total. The van der Waals surface area contributed by atoms with Gasteiger partial charge >= 0.3 is 0 Å². The number of aliphatic hydroxyl groups is 1. The number of nitrogens with one attached hydrogen (secondary N) is 1. The van der Waals surface area contributed by atoms with Crippen LogP contribution in [0.1, 0.15) is 12.1 Å². The first kappa shape index (κ1) is 5.20. The molecule has 0 fully saturated rings. The molecule has 8 heavy (non-hydrogen) atoms. The molecule has 1 atom stereocenters. The smallest absolute Gasteiger partial charge is 0.168 e. The van der Waals surface area contributed by atoms with Gasteiger partial charge in [-0.15, -0.1) is 0 Å². The number of aliphatic hydroxyl groups excluding tert-OH is 1. The Morgan fingerprint density at radius 2 is 2.62 bits per heavy atom. The second kappa shape index (κ2) is 1.89. The van der Waals surface area contributed by atoms with E-state index in [1.807, 2.05) is 0 Å². The van der Waals surface area contributed by atoms with E-state index in [1.165, 1.54) is 6.33 Å². The van der Waals surface area contributed by atoms with Crippen molar-refractivity contribution in [2.24, 2.45) is 5.73 Å². The van der Waals surface area contributed by atoms with Crippen LogP contribution in [-0.2, 0) is 0 Å². The molecule has 0 aliphatic carbocycles. The van der Waals surface area contributed by atoms with Gasteiger partial charge in [0.15, 0.2) is 12.1 Å². The van der Waals surface area contributed by atoms with Gasteiger partial charge in [-0.05, 0) is 0 Å². The maximum Gasteiger partial charge on any atom is 0.168 e. The van der Waals surface area contributed by atoms with E-state index in [-0.39, 0.29) is 5.82 Å². The average Bonchev–Trinajstić information content (AvgIpc) is 2.12. The number of nitrogens with zero attached hydrogens (tertiary/aromatic N) is 2. The lowest BCUT2D eigenvalue weighted by Gasteiger charge is -1.93. The van der Waals surface area contributed by atoms with Crippen molar-refractivity contribution in [1.29, 1.82) is 0 Å². The van der Waals surface area contributed by atoms with Crippen LogP contribution in [0, 0.1) is 0 Å². The van der Waals surface area contributed by atoms with E-state index >= 15 is 0 Å². The van der Waals surface area contributed by atoms with E-state index in [9.17, 15) is 0 Å². The predicted octanol–water partition coefficient (Wildman–Crippen LogP) is -1.25. The third-order valence-electron chi connectivity index (χ3n) is 0.714. The van der Waals surface area contributed by atoms with Crippen molar-refractivity contribution in [3.05, 3.63) is 12.2 Å². The van der Waals surface area contributed by atoms with Crippen LogP contribution in [0.25, 0.3) is 0 Å². The van der Waals surface area contributed by atoms with Crippen molar-refractivity contribution in [2.45, 2.75) is 6.23 Å². The molecule has 0 amide bonds. The molecule has 1 rings (SSSR count). The summed E-state index contributed by atoms with van der Waals surface area (Å²) in [6.45, 7) is 0. The molecule has 5 heteroatoms. The molecule has 0 radical (unpaired) electrons. The SMILES string of the molecule is NC(O)c1ncn[nH]1. The van der Waals surface area contributed by atoms with Gasteiger partial charge in [-0.3, -0.25) is 10.8 Å². The topological polar surface area (TPSA) is 87.8 Å². The van der Waals surface area contributed by atoms with Crippen LogP contribution in [0.3, 0.4) is 0 Å². The third kappa shape index (κ3) is 0.824. The Morgan fingerprint density at radius 3 is 2.88 bits per heavy atom. The zero-order chi connectivity index (χ0) is 5.98. The number of hydrogen-bond acceptors (Lipinski definition) is 4. The minimum absolute atomic E-state index is 0.282. The summed E-state index contributed by atoms with van der Waals surface area (Å²) in [6.07, 6.45) is 0.239. The Labute approximate surface area is 45.5 Å². The third-order valence-corrected chi connectivity index (χ3v) is 0.714. The van der Waals surface area contributed by atoms with Gasteiger partial charge < -0.3 is 5.11 Å². The van der Waals surface area contributed by atoms with Gasteiger partial charge in [0, 0.05) is 0 Å². The van der Waals surface area contributed by atoms with Crippen molar-refractivity contribution < 1.29 is 5.11 Å². The summed E-state index contributed by atoms with van der Waals surface area (Å²) in [4.78, 5) is 3.57. The Bertz CT molecular complexity index is 146. The molecule has 1 aromatic heterocycles. The van der Waals surface area contributed by atoms with Crippen molar-refractivity contribution in [2.75, 3.05) is 0 Å². The molecule has 0 saturated heterocycles. The molecule has 0 bridgehead atoms. The number of aromatic nitrogens is 3. The van der Waals surface area contributed by atoms with Gasteiger partial charge in [-0.2, -0.15) is 5.10 Å². The Morgan fingerprint density at radius 1 is 1.88 bits per heavy atom. The monoisotopic (exact) mass is 114 g/mol. The Balaban J connectivity index is 2.77. The molecule has 5 nitrogen and oxygen atoms in total. The summed E-state index contributed by atoms with van der Waals surface area (Å²) in [5.74, 6) is 0.282. The first-order chi connectivity index (χ1) is 3.80. The van der Waals surface area contributed by atoms with E-state index in [2.05, 4.69) is 15.2 Å².